The van der Waals surface area contributed by atoms with Crippen LogP contribution in [0.1, 0.15) is 27.7 Å². The van der Waals surface area contributed by atoms with Crippen molar-refractivity contribution in [3.05, 3.63) is 0 Å². The summed E-state index contributed by atoms with van der Waals surface area (Å²) in [5.41, 5.74) is -1.28. The molecule has 12 heteroatoms. The smallest absolute Gasteiger partial charge is 0.319 e. The van der Waals surface area contributed by atoms with E-state index in [1.165, 1.54) is 0 Å². The van der Waals surface area contributed by atoms with Gasteiger partial charge in [0, 0.05) is 5.82 Å². The molecule has 0 aromatic carbocycles. The van der Waals surface area contributed by atoms with Crippen LogP contribution in [0.4, 0.5) is 0 Å². The fourth-order valence-corrected chi connectivity index (χ4v) is 2.16. The van der Waals surface area contributed by atoms with Crippen LogP contribution in [-0.2, 0) is 38.1 Å². The zero-order valence-corrected chi connectivity index (χ0v) is 22.4. The lowest BCUT2D eigenvalue weighted by atomic mass is 9.68. The monoisotopic (exact) mass is 619 g/mol. The highest BCUT2D eigenvalue weighted by Gasteiger charge is 2.39. The molecule has 4 atom stereocenters. The Hall–Kier alpha value is -0.615. The van der Waals surface area contributed by atoms with Gasteiger partial charge in [-0.25, -0.2) is 0 Å². The summed E-state index contributed by atoms with van der Waals surface area (Å²) in [6, 6.07) is 0. The summed E-state index contributed by atoms with van der Waals surface area (Å²) < 4.78 is 21.2. The highest BCUT2D eigenvalue weighted by Crippen LogP contribution is 2.24. The molecular formula is C18H27BBr3O8. The summed E-state index contributed by atoms with van der Waals surface area (Å²) in [6.45, 7) is 6.95. The molecule has 0 amide bonds. The standard InChI is InChI=1S/C18H27BBr3O8/c1-10(19-5)14(23)27-6-18(7-28-15(24)11(2)20,8-29-16(25)12(3)21)9-30-17(26)13(4)22/h10-13H,6-9H2,1-5H3. The van der Waals surface area contributed by atoms with E-state index in [1.54, 1.807) is 41.8 Å². The number of carbonyl (C=O) groups excluding carboxylic acids is 4. The maximum absolute atomic E-state index is 12.2. The summed E-state index contributed by atoms with van der Waals surface area (Å²) in [7, 11) is 1.66. The Morgan fingerprint density at radius 2 is 0.933 bits per heavy atom. The van der Waals surface area contributed by atoms with E-state index in [0.717, 1.165) is 0 Å². The van der Waals surface area contributed by atoms with E-state index in [1.807, 2.05) is 0 Å². The summed E-state index contributed by atoms with van der Waals surface area (Å²) in [5.74, 6) is -2.69. The molecule has 0 heterocycles. The lowest BCUT2D eigenvalue weighted by Gasteiger charge is -2.32. The fourth-order valence-electron chi connectivity index (χ4n) is 1.76. The molecule has 0 bridgehead atoms. The minimum Gasteiger partial charge on any atom is -0.465 e. The molecule has 171 valence electrons. The number of hydrogen-bond donors (Lipinski definition) is 0. The molecule has 4 unspecified atom stereocenters. The summed E-state index contributed by atoms with van der Waals surface area (Å²) >= 11 is 9.34. The van der Waals surface area contributed by atoms with Crippen LogP contribution in [0.5, 0.6) is 0 Å². The maximum Gasteiger partial charge on any atom is 0.319 e. The van der Waals surface area contributed by atoms with Gasteiger partial charge in [0.1, 0.15) is 53.6 Å². The lowest BCUT2D eigenvalue weighted by Crippen LogP contribution is -2.45. The number of ether oxygens (including phenoxy) is 4. The molecule has 0 saturated heterocycles. The van der Waals surface area contributed by atoms with Gasteiger partial charge in [0.2, 0.25) is 0 Å². The number of carbonyl (C=O) groups is 4. The molecule has 0 spiro atoms. The second-order valence-electron chi connectivity index (χ2n) is 6.90. The van der Waals surface area contributed by atoms with Crippen LogP contribution in [0.15, 0.2) is 0 Å². The van der Waals surface area contributed by atoms with E-state index in [4.69, 9.17) is 18.9 Å². The summed E-state index contributed by atoms with van der Waals surface area (Å²) in [6.07, 6.45) is 0. The quantitative estimate of drug-likeness (QED) is 0.134. The van der Waals surface area contributed by atoms with Crippen LogP contribution in [0.25, 0.3) is 0 Å². The van der Waals surface area contributed by atoms with Gasteiger partial charge in [-0.15, -0.1) is 0 Å². The molecule has 30 heavy (non-hydrogen) atoms. The van der Waals surface area contributed by atoms with E-state index in [-0.39, 0.29) is 26.4 Å². The highest BCUT2D eigenvalue weighted by atomic mass is 79.9. The van der Waals surface area contributed by atoms with E-state index in [9.17, 15) is 19.2 Å². The van der Waals surface area contributed by atoms with Crippen LogP contribution in [0.2, 0.25) is 12.6 Å². The van der Waals surface area contributed by atoms with Crippen molar-refractivity contribution in [2.24, 2.45) is 5.41 Å². The van der Waals surface area contributed by atoms with Crippen molar-refractivity contribution in [1.29, 1.82) is 0 Å². The number of esters is 4. The van der Waals surface area contributed by atoms with Gasteiger partial charge in [0.15, 0.2) is 0 Å². The van der Waals surface area contributed by atoms with Gasteiger partial charge < -0.3 is 18.9 Å². The first kappa shape index (κ1) is 29.4. The minimum atomic E-state index is -1.28. The first-order chi connectivity index (χ1) is 13.8. The van der Waals surface area contributed by atoms with Gasteiger partial charge in [0.05, 0.1) is 0 Å². The van der Waals surface area contributed by atoms with Gasteiger partial charge >= 0.3 is 23.9 Å². The molecule has 1 radical (unpaired) electrons. The number of rotatable bonds is 13. The molecule has 0 aromatic heterocycles. The van der Waals surface area contributed by atoms with Crippen LogP contribution >= 0.6 is 47.8 Å². The molecule has 8 nitrogen and oxygen atoms in total. The molecule has 0 N–H and O–H groups in total. The normalized spacial score (nSPS) is 16.8. The average Bonchev–Trinajstić information content (AvgIpc) is 2.70. The molecule has 0 aliphatic carbocycles. The molecule has 0 aliphatic heterocycles. The third-order valence-electron chi connectivity index (χ3n) is 3.93. The first-order valence-electron chi connectivity index (χ1n) is 9.23. The highest BCUT2D eigenvalue weighted by molar-refractivity contribution is 9.10. The molecule has 0 rings (SSSR count). The Labute approximate surface area is 203 Å². The van der Waals surface area contributed by atoms with Crippen molar-refractivity contribution in [3.8, 4) is 0 Å². The lowest BCUT2D eigenvalue weighted by molar-refractivity contribution is -0.169. The van der Waals surface area contributed by atoms with Crippen LogP contribution in [0, 0.1) is 5.41 Å². The number of halogens is 3. The van der Waals surface area contributed by atoms with Gasteiger partial charge in [-0.3, -0.25) is 19.2 Å². The summed E-state index contributed by atoms with van der Waals surface area (Å²) in [5, 5.41) is 0. The van der Waals surface area contributed by atoms with Crippen molar-refractivity contribution in [2.45, 2.75) is 54.8 Å². The van der Waals surface area contributed by atoms with Crippen LogP contribution in [0.3, 0.4) is 0 Å². The van der Waals surface area contributed by atoms with Gasteiger partial charge in [0.25, 0.3) is 0 Å². The number of hydrogen-bond acceptors (Lipinski definition) is 8. The largest absolute Gasteiger partial charge is 0.465 e. The average molecular weight is 622 g/mol. The second-order valence-corrected chi connectivity index (χ2v) is 11.0. The zero-order valence-electron chi connectivity index (χ0n) is 17.6. The predicted molar refractivity (Wildman–Crippen MR) is 122 cm³/mol. The third kappa shape index (κ3) is 11.1. The van der Waals surface area contributed by atoms with Crippen LogP contribution in [-0.4, -0.2) is 72.1 Å². The Morgan fingerprint density at radius 1 is 0.667 bits per heavy atom. The van der Waals surface area contributed by atoms with Crippen molar-refractivity contribution >= 4 is 78.9 Å². The van der Waals surface area contributed by atoms with Crippen molar-refractivity contribution < 1.29 is 38.1 Å². The molecule has 0 saturated carbocycles. The second kappa shape index (κ2) is 14.4. The minimum absolute atomic E-state index is 0.290. The topological polar surface area (TPSA) is 105 Å². The van der Waals surface area contributed by atoms with E-state index >= 15 is 0 Å². The maximum atomic E-state index is 12.2. The van der Waals surface area contributed by atoms with Crippen LogP contribution < -0.4 is 0 Å². The van der Waals surface area contributed by atoms with E-state index < -0.39 is 49.6 Å². The fraction of sp³-hybridized carbons (Fsp3) is 0.778. The zero-order chi connectivity index (χ0) is 23.5. The van der Waals surface area contributed by atoms with E-state index in [0.29, 0.717) is 0 Å². The Bertz CT molecular complexity index is 538. The predicted octanol–water partition coefficient (Wildman–Crippen LogP) is 3.06. The molecule has 0 aliphatic rings. The molecular weight excluding hydrogens is 595 g/mol. The SMILES string of the molecule is C[B]C(C)C(=O)OCC(COC(=O)C(C)Br)(COC(=O)C(C)Br)COC(=O)C(C)Br. The van der Waals surface area contributed by atoms with Crippen molar-refractivity contribution in [3.63, 3.8) is 0 Å². The van der Waals surface area contributed by atoms with Crippen molar-refractivity contribution in [1.82, 2.24) is 0 Å². The Morgan fingerprint density at radius 3 is 1.17 bits per heavy atom. The third-order valence-corrected chi connectivity index (χ3v) is 5.05. The van der Waals surface area contributed by atoms with Crippen molar-refractivity contribution in [2.75, 3.05) is 26.4 Å². The van der Waals surface area contributed by atoms with Gasteiger partial charge in [-0.2, -0.15) is 0 Å². The number of alkyl halides is 3. The molecule has 0 fully saturated rings. The first-order valence-corrected chi connectivity index (χ1v) is 12.0. The van der Waals surface area contributed by atoms with E-state index in [2.05, 4.69) is 47.8 Å². The Balaban J connectivity index is 5.63. The Kier molecular flexibility index (Phi) is 14.2. The summed E-state index contributed by atoms with van der Waals surface area (Å²) in [4.78, 5) is 46.3. The van der Waals surface area contributed by atoms with Gasteiger partial charge in [-0.05, 0) is 20.8 Å². The molecule has 0 aromatic rings. The van der Waals surface area contributed by atoms with Gasteiger partial charge in [-0.1, -0.05) is 61.5 Å².